The molecule has 3 rings (SSSR count). The van der Waals surface area contributed by atoms with Crippen molar-refractivity contribution in [3.8, 4) is 5.75 Å². The Balaban J connectivity index is 1.44. The zero-order valence-electron chi connectivity index (χ0n) is 11.8. The van der Waals surface area contributed by atoms with Crippen LogP contribution in [-0.2, 0) is 4.79 Å². The number of hydrogen-bond donors (Lipinski definition) is 1. The summed E-state index contributed by atoms with van der Waals surface area (Å²) in [5.74, 6) is 1.80. The van der Waals surface area contributed by atoms with Gasteiger partial charge in [-0.15, -0.1) is 0 Å². The maximum atomic E-state index is 11.7. The first-order valence-electron chi connectivity index (χ1n) is 7.20. The summed E-state index contributed by atoms with van der Waals surface area (Å²) in [6.45, 7) is -0.144. The first-order chi connectivity index (χ1) is 10.6. The molecule has 1 saturated carbocycles. The van der Waals surface area contributed by atoms with Crippen molar-refractivity contribution in [2.45, 2.75) is 12.8 Å². The SMILES string of the molecule is O=C(COc1ccc(Cl)cc1Cl)NN=CC1CC2C=CC1C2. The molecule has 1 amide bonds. The van der Waals surface area contributed by atoms with E-state index in [0.717, 1.165) is 6.42 Å². The highest BCUT2D eigenvalue weighted by molar-refractivity contribution is 6.35. The van der Waals surface area contributed by atoms with Gasteiger partial charge in [0, 0.05) is 17.2 Å². The van der Waals surface area contributed by atoms with Crippen LogP contribution in [0.5, 0.6) is 5.75 Å². The summed E-state index contributed by atoms with van der Waals surface area (Å²) in [4.78, 5) is 11.7. The van der Waals surface area contributed by atoms with Crippen LogP contribution in [0, 0.1) is 17.8 Å². The van der Waals surface area contributed by atoms with Gasteiger partial charge in [0.2, 0.25) is 0 Å². The van der Waals surface area contributed by atoms with Gasteiger partial charge in [-0.2, -0.15) is 5.10 Å². The van der Waals surface area contributed by atoms with Crippen LogP contribution in [0.4, 0.5) is 0 Å². The zero-order chi connectivity index (χ0) is 15.5. The summed E-state index contributed by atoms with van der Waals surface area (Å²) >= 11 is 11.8. The third-order valence-electron chi connectivity index (χ3n) is 4.04. The molecule has 3 atom stereocenters. The fourth-order valence-corrected chi connectivity index (χ4v) is 3.43. The minimum atomic E-state index is -0.319. The Labute approximate surface area is 139 Å². The van der Waals surface area contributed by atoms with Crippen molar-refractivity contribution in [3.63, 3.8) is 0 Å². The van der Waals surface area contributed by atoms with Crippen molar-refractivity contribution >= 4 is 35.3 Å². The van der Waals surface area contributed by atoms with Gasteiger partial charge in [-0.25, -0.2) is 5.43 Å². The first kappa shape index (κ1) is 15.4. The van der Waals surface area contributed by atoms with Crippen LogP contribution in [0.1, 0.15) is 12.8 Å². The smallest absolute Gasteiger partial charge is 0.277 e. The van der Waals surface area contributed by atoms with Crippen molar-refractivity contribution in [3.05, 3.63) is 40.4 Å². The van der Waals surface area contributed by atoms with E-state index in [0.29, 0.717) is 33.5 Å². The van der Waals surface area contributed by atoms with E-state index in [4.69, 9.17) is 27.9 Å². The highest BCUT2D eigenvalue weighted by Gasteiger charge is 2.34. The molecule has 0 saturated heterocycles. The van der Waals surface area contributed by atoms with Gasteiger partial charge >= 0.3 is 0 Å². The number of rotatable bonds is 5. The minimum absolute atomic E-state index is 0.144. The number of hydrazone groups is 1. The minimum Gasteiger partial charge on any atom is -0.482 e. The van der Waals surface area contributed by atoms with E-state index >= 15 is 0 Å². The molecule has 116 valence electrons. The third-order valence-corrected chi connectivity index (χ3v) is 4.57. The van der Waals surface area contributed by atoms with E-state index in [-0.39, 0.29) is 12.5 Å². The lowest BCUT2D eigenvalue weighted by molar-refractivity contribution is -0.123. The normalized spacial score (nSPS) is 25.8. The van der Waals surface area contributed by atoms with E-state index in [1.807, 2.05) is 6.21 Å². The summed E-state index contributed by atoms with van der Waals surface area (Å²) in [5, 5.41) is 4.92. The maximum Gasteiger partial charge on any atom is 0.277 e. The molecule has 0 spiro atoms. The Morgan fingerprint density at radius 1 is 1.36 bits per heavy atom. The number of nitrogens with zero attached hydrogens (tertiary/aromatic N) is 1. The monoisotopic (exact) mass is 338 g/mol. The Morgan fingerprint density at radius 2 is 2.23 bits per heavy atom. The molecule has 22 heavy (non-hydrogen) atoms. The van der Waals surface area contributed by atoms with Crippen molar-refractivity contribution in [1.29, 1.82) is 0 Å². The van der Waals surface area contributed by atoms with Crippen molar-refractivity contribution < 1.29 is 9.53 Å². The van der Waals surface area contributed by atoms with Gasteiger partial charge in [0.05, 0.1) is 5.02 Å². The van der Waals surface area contributed by atoms with Gasteiger partial charge in [0.1, 0.15) is 5.75 Å². The van der Waals surface area contributed by atoms with E-state index in [9.17, 15) is 4.79 Å². The highest BCUT2D eigenvalue weighted by atomic mass is 35.5. The van der Waals surface area contributed by atoms with Crippen LogP contribution in [0.2, 0.25) is 10.0 Å². The van der Waals surface area contributed by atoms with Gasteiger partial charge in [-0.05, 0) is 42.9 Å². The molecule has 1 aromatic carbocycles. The molecule has 2 bridgehead atoms. The van der Waals surface area contributed by atoms with Gasteiger partial charge in [0.25, 0.3) is 5.91 Å². The standard InChI is InChI=1S/C16H16Cl2N2O2/c17-13-3-4-15(14(18)7-13)22-9-16(21)20-19-8-12-6-10-1-2-11(12)5-10/h1-4,7-8,10-12H,5-6,9H2,(H,20,21). The molecule has 0 aliphatic heterocycles. The van der Waals surface area contributed by atoms with Gasteiger partial charge < -0.3 is 4.74 Å². The zero-order valence-corrected chi connectivity index (χ0v) is 13.3. The van der Waals surface area contributed by atoms with Crippen molar-refractivity contribution in [1.82, 2.24) is 5.43 Å². The second-order valence-corrected chi connectivity index (χ2v) is 6.46. The van der Waals surface area contributed by atoms with Gasteiger partial charge in [-0.1, -0.05) is 35.4 Å². The molecule has 1 N–H and O–H groups in total. The van der Waals surface area contributed by atoms with Gasteiger partial charge in [0.15, 0.2) is 6.61 Å². The fourth-order valence-electron chi connectivity index (χ4n) is 2.97. The lowest BCUT2D eigenvalue weighted by Crippen LogP contribution is -2.25. The van der Waals surface area contributed by atoms with E-state index in [1.54, 1.807) is 18.2 Å². The molecule has 2 aliphatic rings. The van der Waals surface area contributed by atoms with Crippen LogP contribution in [0.15, 0.2) is 35.5 Å². The molecule has 0 aromatic heterocycles. The van der Waals surface area contributed by atoms with Crippen LogP contribution < -0.4 is 10.2 Å². The van der Waals surface area contributed by atoms with E-state index in [1.165, 1.54) is 6.42 Å². The molecule has 2 aliphatic carbocycles. The Hall–Kier alpha value is -1.52. The second kappa shape index (κ2) is 6.71. The van der Waals surface area contributed by atoms with Gasteiger partial charge in [-0.3, -0.25) is 4.79 Å². The molecule has 1 aromatic rings. The average molecular weight is 339 g/mol. The van der Waals surface area contributed by atoms with Crippen LogP contribution >= 0.6 is 23.2 Å². The predicted molar refractivity (Wildman–Crippen MR) is 87.4 cm³/mol. The van der Waals surface area contributed by atoms with Crippen molar-refractivity contribution in [2.75, 3.05) is 6.61 Å². The molecule has 1 fully saturated rings. The Kier molecular flexibility index (Phi) is 4.69. The third kappa shape index (κ3) is 3.62. The van der Waals surface area contributed by atoms with E-state index < -0.39 is 0 Å². The Bertz CT molecular complexity index is 631. The number of allylic oxidation sites excluding steroid dienone is 2. The number of benzene rings is 1. The maximum absolute atomic E-state index is 11.7. The Morgan fingerprint density at radius 3 is 2.91 bits per heavy atom. The topological polar surface area (TPSA) is 50.7 Å². The summed E-state index contributed by atoms with van der Waals surface area (Å²) in [7, 11) is 0. The lowest BCUT2D eigenvalue weighted by atomic mass is 9.95. The van der Waals surface area contributed by atoms with Crippen LogP contribution in [0.25, 0.3) is 0 Å². The number of amides is 1. The molecule has 0 radical (unpaired) electrons. The molecular formula is C16H16Cl2N2O2. The lowest BCUT2D eigenvalue weighted by Gasteiger charge is -2.12. The predicted octanol–water partition coefficient (Wildman–Crippen LogP) is 3.69. The van der Waals surface area contributed by atoms with Crippen molar-refractivity contribution in [2.24, 2.45) is 22.9 Å². The second-order valence-electron chi connectivity index (χ2n) is 5.62. The number of ether oxygens (including phenoxy) is 1. The quantitative estimate of drug-likeness (QED) is 0.505. The number of fused-ring (bicyclic) bond motifs is 2. The number of carbonyl (C=O) groups is 1. The number of halogens is 2. The summed E-state index contributed by atoms with van der Waals surface area (Å²) in [6.07, 6.45) is 8.69. The summed E-state index contributed by atoms with van der Waals surface area (Å²) < 4.78 is 5.34. The number of nitrogens with one attached hydrogen (secondary N) is 1. The summed E-state index contributed by atoms with van der Waals surface area (Å²) in [5.41, 5.74) is 2.48. The average Bonchev–Trinajstić information content (AvgIpc) is 3.09. The molecule has 0 heterocycles. The highest BCUT2D eigenvalue weighted by Crippen LogP contribution is 2.42. The van der Waals surface area contributed by atoms with E-state index in [2.05, 4.69) is 22.7 Å². The molecule has 6 heteroatoms. The molecule has 4 nitrogen and oxygen atoms in total. The molecule has 3 unspecified atom stereocenters. The fraction of sp³-hybridized carbons (Fsp3) is 0.375. The number of hydrogen-bond acceptors (Lipinski definition) is 3. The van der Waals surface area contributed by atoms with Crippen LogP contribution in [0.3, 0.4) is 0 Å². The van der Waals surface area contributed by atoms with Crippen LogP contribution in [-0.4, -0.2) is 18.7 Å². The summed E-state index contributed by atoms with van der Waals surface area (Å²) in [6, 6.07) is 4.85. The number of carbonyl (C=O) groups excluding carboxylic acids is 1. The largest absolute Gasteiger partial charge is 0.482 e. The molecular weight excluding hydrogens is 323 g/mol. The first-order valence-corrected chi connectivity index (χ1v) is 7.95.